The van der Waals surface area contributed by atoms with E-state index in [1.807, 2.05) is 18.2 Å². The smallest absolute Gasteiger partial charge is 0.142 e. The van der Waals surface area contributed by atoms with Gasteiger partial charge in [-0.15, -0.1) is 0 Å². The number of methoxy groups -OCH3 is 1. The molecule has 1 fully saturated rings. The van der Waals surface area contributed by atoms with Gasteiger partial charge in [-0.25, -0.2) is 4.39 Å². The lowest BCUT2D eigenvalue weighted by atomic mass is 10.2. The van der Waals surface area contributed by atoms with Gasteiger partial charge >= 0.3 is 0 Å². The first kappa shape index (κ1) is 15.0. The molecule has 1 saturated heterocycles. The molecule has 0 aromatic heterocycles. The van der Waals surface area contributed by atoms with Gasteiger partial charge in [-0.1, -0.05) is 23.7 Å². The van der Waals surface area contributed by atoms with Crippen LogP contribution >= 0.6 is 11.6 Å². The Hall–Kier alpha value is -1.94. The number of nitrogens with zero attached hydrogens (tertiary/aromatic N) is 2. The average molecular weight is 321 g/mol. The highest BCUT2D eigenvalue weighted by atomic mass is 35.5. The maximum atomic E-state index is 13.3. The summed E-state index contributed by atoms with van der Waals surface area (Å²) in [7, 11) is 1.69. The zero-order valence-electron chi connectivity index (χ0n) is 12.4. The fourth-order valence-corrected chi connectivity index (χ4v) is 2.95. The first-order valence-electron chi connectivity index (χ1n) is 7.27. The molecule has 0 amide bonds. The van der Waals surface area contributed by atoms with Gasteiger partial charge in [-0.2, -0.15) is 0 Å². The van der Waals surface area contributed by atoms with E-state index < -0.39 is 0 Å². The second kappa shape index (κ2) is 6.44. The number of anilines is 2. The van der Waals surface area contributed by atoms with Gasteiger partial charge in [0, 0.05) is 31.9 Å². The third-order valence-corrected chi connectivity index (χ3v) is 4.26. The summed E-state index contributed by atoms with van der Waals surface area (Å²) in [6, 6.07) is 12.9. The summed E-state index contributed by atoms with van der Waals surface area (Å²) in [6.45, 7) is 3.49. The van der Waals surface area contributed by atoms with Crippen molar-refractivity contribution in [1.82, 2.24) is 0 Å². The lowest BCUT2D eigenvalue weighted by molar-refractivity contribution is 0.413. The van der Waals surface area contributed by atoms with Crippen LogP contribution in [0.4, 0.5) is 15.8 Å². The minimum absolute atomic E-state index is 0.171. The Balaban J connectivity index is 1.71. The van der Waals surface area contributed by atoms with E-state index in [2.05, 4.69) is 15.9 Å². The number of para-hydroxylation sites is 2. The third kappa shape index (κ3) is 2.97. The molecule has 0 atom stereocenters. The van der Waals surface area contributed by atoms with Crippen LogP contribution in [0.2, 0.25) is 5.02 Å². The summed E-state index contributed by atoms with van der Waals surface area (Å²) >= 11 is 5.87. The van der Waals surface area contributed by atoms with Gasteiger partial charge in [0.15, 0.2) is 0 Å². The molecule has 1 aliphatic rings. The van der Waals surface area contributed by atoms with E-state index in [1.54, 1.807) is 19.2 Å². The summed E-state index contributed by atoms with van der Waals surface area (Å²) < 4.78 is 18.7. The van der Waals surface area contributed by atoms with Crippen molar-refractivity contribution in [3.05, 3.63) is 53.3 Å². The van der Waals surface area contributed by atoms with Crippen LogP contribution in [0.1, 0.15) is 0 Å². The van der Waals surface area contributed by atoms with Crippen molar-refractivity contribution >= 4 is 23.0 Å². The Labute approximate surface area is 134 Å². The van der Waals surface area contributed by atoms with Gasteiger partial charge < -0.3 is 14.5 Å². The van der Waals surface area contributed by atoms with E-state index in [4.69, 9.17) is 16.3 Å². The molecule has 2 aromatic rings. The van der Waals surface area contributed by atoms with Crippen LogP contribution in [0.5, 0.6) is 5.75 Å². The number of rotatable bonds is 3. The predicted molar refractivity (Wildman–Crippen MR) is 88.8 cm³/mol. The van der Waals surface area contributed by atoms with Gasteiger partial charge in [-0.05, 0) is 30.3 Å². The van der Waals surface area contributed by atoms with Crippen molar-refractivity contribution in [2.45, 2.75) is 0 Å². The molecular formula is C17H18ClFN2O. The molecule has 0 spiro atoms. The van der Waals surface area contributed by atoms with Gasteiger partial charge in [0.2, 0.25) is 0 Å². The molecule has 0 N–H and O–H groups in total. The van der Waals surface area contributed by atoms with E-state index in [9.17, 15) is 4.39 Å². The number of benzene rings is 2. The summed E-state index contributed by atoms with van der Waals surface area (Å²) in [5.74, 6) is 0.513. The molecule has 0 saturated carbocycles. The maximum Gasteiger partial charge on any atom is 0.142 e. The number of hydrogen-bond acceptors (Lipinski definition) is 3. The van der Waals surface area contributed by atoms with E-state index in [-0.39, 0.29) is 10.8 Å². The van der Waals surface area contributed by atoms with Gasteiger partial charge in [0.05, 0.1) is 17.8 Å². The summed E-state index contributed by atoms with van der Waals surface area (Å²) in [6.07, 6.45) is 0. The number of halogens is 2. The predicted octanol–water partition coefficient (Wildman–Crippen LogP) is 3.81. The first-order chi connectivity index (χ1) is 10.7. The second-order valence-corrected chi connectivity index (χ2v) is 5.65. The van der Waals surface area contributed by atoms with Gasteiger partial charge in [-0.3, -0.25) is 0 Å². The Morgan fingerprint density at radius 3 is 2.36 bits per heavy atom. The average Bonchev–Trinajstić information content (AvgIpc) is 2.57. The zero-order valence-corrected chi connectivity index (χ0v) is 13.2. The SMILES string of the molecule is COc1ccccc1N1CCN(c2ccc(F)c(Cl)c2)CC1. The fraction of sp³-hybridized carbons (Fsp3) is 0.294. The van der Waals surface area contributed by atoms with Crippen LogP contribution in [-0.2, 0) is 0 Å². The minimum Gasteiger partial charge on any atom is -0.495 e. The molecular weight excluding hydrogens is 303 g/mol. The highest BCUT2D eigenvalue weighted by molar-refractivity contribution is 6.31. The van der Waals surface area contributed by atoms with E-state index in [0.29, 0.717) is 0 Å². The topological polar surface area (TPSA) is 15.7 Å². The minimum atomic E-state index is -0.377. The Bertz CT molecular complexity index is 657. The van der Waals surface area contributed by atoms with Crippen LogP contribution in [0, 0.1) is 5.82 Å². The van der Waals surface area contributed by atoms with E-state index in [0.717, 1.165) is 43.3 Å². The highest BCUT2D eigenvalue weighted by Gasteiger charge is 2.20. The first-order valence-corrected chi connectivity index (χ1v) is 7.65. The molecule has 3 nitrogen and oxygen atoms in total. The van der Waals surface area contributed by atoms with Crippen LogP contribution in [0.3, 0.4) is 0 Å². The summed E-state index contributed by atoms with van der Waals surface area (Å²) in [5, 5.41) is 0.171. The largest absolute Gasteiger partial charge is 0.495 e. The molecule has 22 heavy (non-hydrogen) atoms. The third-order valence-electron chi connectivity index (χ3n) is 3.97. The lowest BCUT2D eigenvalue weighted by Gasteiger charge is -2.37. The molecule has 116 valence electrons. The number of piperazine rings is 1. The van der Waals surface area contributed by atoms with E-state index in [1.165, 1.54) is 6.07 Å². The van der Waals surface area contributed by atoms with E-state index >= 15 is 0 Å². The summed E-state index contributed by atoms with van der Waals surface area (Å²) in [5.41, 5.74) is 2.08. The zero-order chi connectivity index (χ0) is 15.5. The van der Waals surface area contributed by atoms with Gasteiger partial charge in [0.1, 0.15) is 11.6 Å². The monoisotopic (exact) mass is 320 g/mol. The van der Waals surface area contributed by atoms with Crippen molar-refractivity contribution < 1.29 is 9.13 Å². The molecule has 5 heteroatoms. The van der Waals surface area contributed by atoms with Crippen LogP contribution in [-0.4, -0.2) is 33.3 Å². The fourth-order valence-electron chi connectivity index (χ4n) is 2.78. The van der Waals surface area contributed by atoms with Crippen LogP contribution < -0.4 is 14.5 Å². The second-order valence-electron chi connectivity index (χ2n) is 5.24. The van der Waals surface area contributed by atoms with Crippen LogP contribution in [0.25, 0.3) is 0 Å². The molecule has 3 rings (SSSR count). The maximum absolute atomic E-state index is 13.3. The molecule has 1 aliphatic heterocycles. The van der Waals surface area contributed by atoms with Crippen molar-refractivity contribution in [1.29, 1.82) is 0 Å². The molecule has 0 bridgehead atoms. The number of ether oxygens (including phenoxy) is 1. The standard InChI is InChI=1S/C17H18ClFN2O/c1-22-17-5-3-2-4-16(17)21-10-8-20(9-11-21)13-6-7-15(19)14(18)12-13/h2-7,12H,8-11H2,1H3. The highest BCUT2D eigenvalue weighted by Crippen LogP contribution is 2.30. The summed E-state index contributed by atoms with van der Waals surface area (Å²) in [4.78, 5) is 4.53. The van der Waals surface area contributed by atoms with Gasteiger partial charge in [0.25, 0.3) is 0 Å². The van der Waals surface area contributed by atoms with Crippen LogP contribution in [0.15, 0.2) is 42.5 Å². The molecule has 0 radical (unpaired) electrons. The molecule has 1 heterocycles. The normalized spacial score (nSPS) is 15.0. The molecule has 0 unspecified atom stereocenters. The number of hydrogen-bond donors (Lipinski definition) is 0. The Kier molecular flexibility index (Phi) is 4.39. The lowest BCUT2D eigenvalue weighted by Crippen LogP contribution is -2.46. The Morgan fingerprint density at radius 2 is 1.68 bits per heavy atom. The van der Waals surface area contributed by atoms with Crippen molar-refractivity contribution in [3.63, 3.8) is 0 Å². The van der Waals surface area contributed by atoms with Crippen molar-refractivity contribution in [2.24, 2.45) is 0 Å². The quantitative estimate of drug-likeness (QED) is 0.855. The Morgan fingerprint density at radius 1 is 1.00 bits per heavy atom. The van der Waals surface area contributed by atoms with Crippen molar-refractivity contribution in [3.8, 4) is 5.75 Å². The van der Waals surface area contributed by atoms with Crippen molar-refractivity contribution in [2.75, 3.05) is 43.1 Å². The molecule has 0 aliphatic carbocycles. The molecule has 2 aromatic carbocycles.